The van der Waals surface area contributed by atoms with Crippen molar-refractivity contribution in [2.75, 3.05) is 0 Å². The summed E-state index contributed by atoms with van der Waals surface area (Å²) in [5.74, 6) is -0.117. The Morgan fingerprint density at radius 1 is 1.04 bits per heavy atom. The van der Waals surface area contributed by atoms with Gasteiger partial charge in [-0.2, -0.15) is 5.10 Å². The molecule has 0 saturated heterocycles. The SMILES string of the molecule is Cc1ccc(-c2ccc(=O)n(CCC(=O)NCc3ccc(Br)cc3)n2)cc1C. The lowest BCUT2D eigenvalue weighted by atomic mass is 10.0. The molecule has 0 spiro atoms. The molecule has 1 aromatic heterocycles. The van der Waals surface area contributed by atoms with Crippen LogP contribution < -0.4 is 10.9 Å². The normalized spacial score (nSPS) is 10.7. The Bertz CT molecular complexity index is 1040. The summed E-state index contributed by atoms with van der Waals surface area (Å²) in [5.41, 5.74) is 4.86. The molecule has 6 heteroatoms. The van der Waals surface area contributed by atoms with Crippen molar-refractivity contribution in [3.8, 4) is 11.3 Å². The van der Waals surface area contributed by atoms with Crippen LogP contribution in [0.5, 0.6) is 0 Å². The molecule has 5 nitrogen and oxygen atoms in total. The first kappa shape index (κ1) is 20.0. The number of aromatic nitrogens is 2. The third-order valence-electron chi connectivity index (χ3n) is 4.62. The fraction of sp³-hybridized carbons (Fsp3) is 0.227. The lowest BCUT2D eigenvalue weighted by Crippen LogP contribution is -2.28. The summed E-state index contributed by atoms with van der Waals surface area (Å²) in [5, 5.41) is 7.30. The highest BCUT2D eigenvalue weighted by atomic mass is 79.9. The molecule has 1 amide bonds. The average molecular weight is 440 g/mol. The van der Waals surface area contributed by atoms with Crippen molar-refractivity contribution < 1.29 is 4.79 Å². The predicted molar refractivity (Wildman–Crippen MR) is 114 cm³/mol. The Hall–Kier alpha value is -2.73. The number of hydrogen-bond acceptors (Lipinski definition) is 3. The molecule has 0 bridgehead atoms. The van der Waals surface area contributed by atoms with Gasteiger partial charge in [-0.15, -0.1) is 0 Å². The number of carbonyl (C=O) groups is 1. The van der Waals surface area contributed by atoms with E-state index in [0.29, 0.717) is 6.54 Å². The van der Waals surface area contributed by atoms with Gasteiger partial charge < -0.3 is 5.32 Å². The van der Waals surface area contributed by atoms with Crippen LogP contribution >= 0.6 is 15.9 Å². The number of rotatable bonds is 6. The molecule has 2 aromatic carbocycles. The van der Waals surface area contributed by atoms with Crippen molar-refractivity contribution in [2.45, 2.75) is 33.4 Å². The molecule has 28 heavy (non-hydrogen) atoms. The molecule has 0 aliphatic rings. The van der Waals surface area contributed by atoms with Gasteiger partial charge in [-0.1, -0.05) is 40.2 Å². The molecular weight excluding hydrogens is 418 g/mol. The van der Waals surface area contributed by atoms with Crippen molar-refractivity contribution in [2.24, 2.45) is 0 Å². The van der Waals surface area contributed by atoms with Crippen LogP contribution in [0.2, 0.25) is 0 Å². The Kier molecular flexibility index (Phi) is 6.41. The molecule has 0 unspecified atom stereocenters. The van der Waals surface area contributed by atoms with Crippen LogP contribution in [-0.2, 0) is 17.9 Å². The van der Waals surface area contributed by atoms with Crippen LogP contribution in [0.4, 0.5) is 0 Å². The molecule has 0 aliphatic heterocycles. The van der Waals surface area contributed by atoms with Gasteiger partial charge in [0.25, 0.3) is 5.56 Å². The molecule has 0 atom stereocenters. The number of hydrogen-bond donors (Lipinski definition) is 1. The van der Waals surface area contributed by atoms with E-state index < -0.39 is 0 Å². The molecule has 3 rings (SSSR count). The minimum Gasteiger partial charge on any atom is -0.352 e. The number of aryl methyl sites for hydroxylation is 3. The monoisotopic (exact) mass is 439 g/mol. The van der Waals surface area contributed by atoms with E-state index in [9.17, 15) is 9.59 Å². The fourth-order valence-electron chi connectivity index (χ4n) is 2.76. The smallest absolute Gasteiger partial charge is 0.266 e. The third kappa shape index (κ3) is 5.16. The molecular formula is C22H22BrN3O2. The Labute approximate surface area is 172 Å². The van der Waals surface area contributed by atoms with Gasteiger partial charge in [-0.25, -0.2) is 4.68 Å². The highest BCUT2D eigenvalue weighted by Crippen LogP contribution is 2.19. The van der Waals surface area contributed by atoms with Crippen LogP contribution in [-0.4, -0.2) is 15.7 Å². The maximum absolute atomic E-state index is 12.1. The van der Waals surface area contributed by atoms with E-state index >= 15 is 0 Å². The van der Waals surface area contributed by atoms with Gasteiger partial charge in [0, 0.05) is 29.1 Å². The number of nitrogens with one attached hydrogen (secondary N) is 1. The maximum Gasteiger partial charge on any atom is 0.266 e. The summed E-state index contributed by atoms with van der Waals surface area (Å²) in [4.78, 5) is 24.3. The largest absolute Gasteiger partial charge is 0.352 e. The molecule has 0 aliphatic carbocycles. The summed E-state index contributed by atoms with van der Waals surface area (Å²) in [6.07, 6.45) is 0.194. The van der Waals surface area contributed by atoms with Crippen molar-refractivity contribution in [1.29, 1.82) is 0 Å². The fourth-order valence-corrected chi connectivity index (χ4v) is 3.03. The second-order valence-electron chi connectivity index (χ2n) is 6.73. The zero-order valence-electron chi connectivity index (χ0n) is 15.9. The van der Waals surface area contributed by atoms with Gasteiger partial charge in [-0.3, -0.25) is 9.59 Å². The van der Waals surface area contributed by atoms with Gasteiger partial charge in [0.05, 0.1) is 12.2 Å². The van der Waals surface area contributed by atoms with E-state index in [1.807, 2.05) is 43.3 Å². The van der Waals surface area contributed by atoms with Crippen molar-refractivity contribution in [3.05, 3.63) is 86.1 Å². The van der Waals surface area contributed by atoms with E-state index in [1.54, 1.807) is 6.07 Å². The molecule has 0 radical (unpaired) electrons. The van der Waals surface area contributed by atoms with Gasteiger partial charge in [0.1, 0.15) is 0 Å². The first-order valence-corrected chi connectivity index (χ1v) is 9.88. The first-order valence-electron chi connectivity index (χ1n) is 9.09. The molecule has 3 aromatic rings. The number of nitrogens with zero attached hydrogens (tertiary/aromatic N) is 2. The van der Waals surface area contributed by atoms with E-state index in [2.05, 4.69) is 39.3 Å². The summed E-state index contributed by atoms with van der Waals surface area (Å²) >= 11 is 3.39. The topological polar surface area (TPSA) is 64.0 Å². The quantitative estimate of drug-likeness (QED) is 0.631. The Morgan fingerprint density at radius 2 is 1.79 bits per heavy atom. The number of carbonyl (C=O) groups excluding carboxylic acids is 1. The second-order valence-corrected chi connectivity index (χ2v) is 7.65. The van der Waals surface area contributed by atoms with Crippen molar-refractivity contribution in [1.82, 2.24) is 15.1 Å². The minimum atomic E-state index is -0.215. The molecule has 1 heterocycles. The highest BCUT2D eigenvalue weighted by Gasteiger charge is 2.07. The lowest BCUT2D eigenvalue weighted by molar-refractivity contribution is -0.121. The van der Waals surface area contributed by atoms with E-state index in [4.69, 9.17) is 0 Å². The minimum absolute atomic E-state index is 0.117. The standard InChI is InChI=1S/C22H22BrN3O2/c1-15-3-6-18(13-16(15)2)20-9-10-22(28)26(25-20)12-11-21(27)24-14-17-4-7-19(23)8-5-17/h3-10,13H,11-12,14H2,1-2H3,(H,24,27). The van der Waals surface area contributed by atoms with E-state index in [-0.39, 0.29) is 24.4 Å². The van der Waals surface area contributed by atoms with Crippen LogP contribution in [0, 0.1) is 13.8 Å². The van der Waals surface area contributed by atoms with Crippen LogP contribution in [0.3, 0.4) is 0 Å². The van der Waals surface area contributed by atoms with Crippen LogP contribution in [0.25, 0.3) is 11.3 Å². The van der Waals surface area contributed by atoms with Crippen molar-refractivity contribution >= 4 is 21.8 Å². The second kappa shape index (κ2) is 8.97. The number of amides is 1. The third-order valence-corrected chi connectivity index (χ3v) is 5.15. The lowest BCUT2D eigenvalue weighted by Gasteiger charge is -2.09. The number of benzene rings is 2. The number of halogens is 1. The average Bonchev–Trinajstić information content (AvgIpc) is 2.69. The summed E-state index contributed by atoms with van der Waals surface area (Å²) in [7, 11) is 0. The molecule has 144 valence electrons. The summed E-state index contributed by atoms with van der Waals surface area (Å²) in [6.45, 7) is 4.80. The Balaban J connectivity index is 1.63. The van der Waals surface area contributed by atoms with Crippen molar-refractivity contribution in [3.63, 3.8) is 0 Å². The van der Waals surface area contributed by atoms with Gasteiger partial charge in [0.2, 0.25) is 5.91 Å². The summed E-state index contributed by atoms with van der Waals surface area (Å²) in [6, 6.07) is 17.1. The first-order chi connectivity index (χ1) is 13.4. The molecule has 1 N–H and O–H groups in total. The summed E-state index contributed by atoms with van der Waals surface area (Å²) < 4.78 is 2.35. The Morgan fingerprint density at radius 3 is 2.50 bits per heavy atom. The molecule has 0 fully saturated rings. The highest BCUT2D eigenvalue weighted by molar-refractivity contribution is 9.10. The predicted octanol–water partition coefficient (Wildman–Crippen LogP) is 4.00. The van der Waals surface area contributed by atoms with Gasteiger partial charge >= 0.3 is 0 Å². The van der Waals surface area contributed by atoms with Crippen LogP contribution in [0.15, 0.2) is 63.9 Å². The zero-order chi connectivity index (χ0) is 20.1. The molecule has 0 saturated carbocycles. The van der Waals surface area contributed by atoms with E-state index in [0.717, 1.165) is 21.3 Å². The van der Waals surface area contributed by atoms with Gasteiger partial charge in [-0.05, 0) is 54.8 Å². The zero-order valence-corrected chi connectivity index (χ0v) is 17.5. The van der Waals surface area contributed by atoms with Crippen LogP contribution in [0.1, 0.15) is 23.1 Å². The van der Waals surface area contributed by atoms with Gasteiger partial charge in [0.15, 0.2) is 0 Å². The van der Waals surface area contributed by atoms with E-state index in [1.165, 1.54) is 21.9 Å². The maximum atomic E-state index is 12.1.